The fourth-order valence-corrected chi connectivity index (χ4v) is 4.12. The Kier molecular flexibility index (Phi) is 9.64. The van der Waals surface area contributed by atoms with Gasteiger partial charge in [0, 0.05) is 23.2 Å². The van der Waals surface area contributed by atoms with Gasteiger partial charge in [0.05, 0.1) is 11.4 Å². The Morgan fingerprint density at radius 3 is 2.67 bits per heavy atom. The van der Waals surface area contributed by atoms with Crippen LogP contribution in [0.2, 0.25) is 0 Å². The van der Waals surface area contributed by atoms with Crippen molar-refractivity contribution < 1.29 is 0 Å². The monoisotopic (exact) mass is 423 g/mol. The van der Waals surface area contributed by atoms with E-state index in [0.717, 1.165) is 70.6 Å². The van der Waals surface area contributed by atoms with Crippen LogP contribution >= 0.6 is 12.6 Å². The van der Waals surface area contributed by atoms with Crippen molar-refractivity contribution in [3.05, 3.63) is 60.1 Å². The Morgan fingerprint density at radius 2 is 2.07 bits per heavy atom. The molecule has 0 aliphatic heterocycles. The van der Waals surface area contributed by atoms with Crippen LogP contribution in [0.1, 0.15) is 65.3 Å². The predicted octanol–water partition coefficient (Wildman–Crippen LogP) is 7.26. The number of aryl methyl sites for hydroxylation is 1. The van der Waals surface area contributed by atoms with Crippen molar-refractivity contribution in [1.82, 2.24) is 9.97 Å². The summed E-state index contributed by atoms with van der Waals surface area (Å²) in [6.07, 6.45) is 12.3. The van der Waals surface area contributed by atoms with Gasteiger partial charge in [-0.1, -0.05) is 52.0 Å². The zero-order chi connectivity index (χ0) is 22.1. The van der Waals surface area contributed by atoms with Crippen molar-refractivity contribution in [2.45, 2.75) is 66.3 Å². The minimum Gasteiger partial charge on any atom is -0.367 e. The lowest BCUT2D eigenvalue weighted by Gasteiger charge is -2.21. The minimum atomic E-state index is 0.443. The molecule has 0 saturated carbocycles. The summed E-state index contributed by atoms with van der Waals surface area (Å²) in [6.45, 7) is 14.9. The molecule has 2 aromatic rings. The smallest absolute Gasteiger partial charge is 0.126 e. The molecule has 0 radical (unpaired) electrons. The van der Waals surface area contributed by atoms with E-state index in [1.165, 1.54) is 0 Å². The highest BCUT2D eigenvalue weighted by molar-refractivity contribution is 7.80. The van der Waals surface area contributed by atoms with E-state index in [-0.39, 0.29) is 0 Å². The van der Waals surface area contributed by atoms with Crippen molar-refractivity contribution >= 4 is 34.8 Å². The average molecular weight is 424 g/mol. The highest BCUT2D eigenvalue weighted by Gasteiger charge is 2.13. The molecule has 0 fully saturated rings. The lowest BCUT2D eigenvalue weighted by Crippen LogP contribution is -2.22. The number of hydrogen-bond donors (Lipinski definition) is 2. The van der Waals surface area contributed by atoms with Crippen LogP contribution in [-0.2, 0) is 6.42 Å². The molecule has 162 valence electrons. The fourth-order valence-electron chi connectivity index (χ4n) is 3.91. The normalized spacial score (nSPS) is 13.7. The summed E-state index contributed by atoms with van der Waals surface area (Å²) in [5.41, 5.74) is 4.21. The molecule has 2 heterocycles. The number of fused-ring (bicyclic) bond motifs is 1. The van der Waals surface area contributed by atoms with E-state index in [1.54, 1.807) is 0 Å². The molecule has 2 aromatic heterocycles. The summed E-state index contributed by atoms with van der Waals surface area (Å²) in [4.78, 5) is 9.67. The molecule has 0 saturated heterocycles. The van der Waals surface area contributed by atoms with Gasteiger partial charge in [0.15, 0.2) is 0 Å². The standard InChI is InChI=1S/C26H37N3S/c1-7-10-19(6)22(9-3)25-15-20-16-26(28-21(11-8-2)14-18(4)5)27-17-23(20)24(29-25)12-13-30/h7,9-10,15-18,21,30H,3,8,11-14H2,1-2,4-6H3,(H,27,28)/b10-7-,22-19+. The van der Waals surface area contributed by atoms with Crippen LogP contribution in [0.25, 0.3) is 16.3 Å². The predicted molar refractivity (Wildman–Crippen MR) is 136 cm³/mol. The Balaban J connectivity index is 2.54. The van der Waals surface area contributed by atoms with E-state index in [0.29, 0.717) is 12.0 Å². The maximum Gasteiger partial charge on any atom is 0.126 e. The van der Waals surface area contributed by atoms with Crippen molar-refractivity contribution in [3.63, 3.8) is 0 Å². The molecule has 1 atom stereocenters. The third-order valence-electron chi connectivity index (χ3n) is 5.21. The Labute approximate surface area is 188 Å². The molecule has 2 rings (SSSR count). The van der Waals surface area contributed by atoms with E-state index in [2.05, 4.69) is 70.4 Å². The van der Waals surface area contributed by atoms with Gasteiger partial charge in [-0.05, 0) is 67.9 Å². The van der Waals surface area contributed by atoms with Gasteiger partial charge in [0.2, 0.25) is 0 Å². The number of pyridine rings is 2. The highest BCUT2D eigenvalue weighted by atomic mass is 32.1. The van der Waals surface area contributed by atoms with Crippen LogP contribution in [0.4, 0.5) is 5.82 Å². The van der Waals surface area contributed by atoms with E-state index < -0.39 is 0 Å². The van der Waals surface area contributed by atoms with Crippen LogP contribution in [0.15, 0.2) is 48.7 Å². The number of nitrogens with zero attached hydrogens (tertiary/aromatic N) is 2. The number of anilines is 1. The molecule has 0 aliphatic carbocycles. The van der Waals surface area contributed by atoms with Crippen molar-refractivity contribution in [2.75, 3.05) is 11.1 Å². The first-order valence-corrected chi connectivity index (χ1v) is 11.7. The largest absolute Gasteiger partial charge is 0.367 e. The van der Waals surface area contributed by atoms with E-state index in [1.807, 2.05) is 25.3 Å². The maximum absolute atomic E-state index is 4.95. The molecule has 4 heteroatoms. The number of rotatable bonds is 11. The summed E-state index contributed by atoms with van der Waals surface area (Å²) < 4.78 is 0. The molecule has 30 heavy (non-hydrogen) atoms. The van der Waals surface area contributed by atoms with Gasteiger partial charge in [0.1, 0.15) is 5.82 Å². The summed E-state index contributed by atoms with van der Waals surface area (Å²) in [5, 5.41) is 5.92. The van der Waals surface area contributed by atoms with Crippen molar-refractivity contribution in [3.8, 4) is 0 Å². The van der Waals surface area contributed by atoms with Gasteiger partial charge in [-0.25, -0.2) is 4.98 Å². The van der Waals surface area contributed by atoms with Crippen LogP contribution in [0.3, 0.4) is 0 Å². The number of hydrogen-bond acceptors (Lipinski definition) is 4. The Bertz CT molecular complexity index is 912. The first-order chi connectivity index (χ1) is 14.4. The minimum absolute atomic E-state index is 0.443. The van der Waals surface area contributed by atoms with Crippen LogP contribution in [-0.4, -0.2) is 21.8 Å². The molecule has 3 nitrogen and oxygen atoms in total. The van der Waals surface area contributed by atoms with Crippen molar-refractivity contribution in [2.24, 2.45) is 5.92 Å². The molecular formula is C26H37N3S. The topological polar surface area (TPSA) is 37.8 Å². The summed E-state index contributed by atoms with van der Waals surface area (Å²) in [7, 11) is 0. The number of allylic oxidation sites excluding steroid dienone is 5. The second-order valence-electron chi connectivity index (χ2n) is 8.28. The lowest BCUT2D eigenvalue weighted by atomic mass is 9.99. The molecule has 0 amide bonds. The highest BCUT2D eigenvalue weighted by Crippen LogP contribution is 2.27. The summed E-state index contributed by atoms with van der Waals surface area (Å²) >= 11 is 4.45. The second-order valence-corrected chi connectivity index (χ2v) is 8.73. The number of nitrogens with one attached hydrogen (secondary N) is 1. The molecule has 0 aromatic carbocycles. The number of aromatic nitrogens is 2. The van der Waals surface area contributed by atoms with E-state index >= 15 is 0 Å². The molecular weight excluding hydrogens is 386 g/mol. The Morgan fingerprint density at radius 1 is 1.30 bits per heavy atom. The second kappa shape index (κ2) is 11.9. The van der Waals surface area contributed by atoms with Gasteiger partial charge in [-0.2, -0.15) is 12.6 Å². The van der Waals surface area contributed by atoms with Gasteiger partial charge >= 0.3 is 0 Å². The molecule has 1 unspecified atom stereocenters. The SMILES string of the molecule is C=C/C(=C(C)\C=C/C)c1cc2cc(NC(CCC)CC(C)C)ncc2c(CCS)n1. The molecule has 0 bridgehead atoms. The lowest BCUT2D eigenvalue weighted by molar-refractivity contribution is 0.491. The first kappa shape index (κ1) is 24.2. The first-order valence-electron chi connectivity index (χ1n) is 11.1. The quantitative estimate of drug-likeness (QED) is 0.295. The molecule has 0 aliphatic rings. The number of thiol groups is 1. The van der Waals surface area contributed by atoms with Gasteiger partial charge < -0.3 is 5.32 Å². The van der Waals surface area contributed by atoms with Crippen LogP contribution in [0.5, 0.6) is 0 Å². The van der Waals surface area contributed by atoms with Crippen LogP contribution in [0, 0.1) is 5.92 Å². The van der Waals surface area contributed by atoms with E-state index in [4.69, 9.17) is 9.97 Å². The third-order valence-corrected chi connectivity index (χ3v) is 5.43. The van der Waals surface area contributed by atoms with E-state index in [9.17, 15) is 0 Å². The Hall–Kier alpha value is -2.07. The van der Waals surface area contributed by atoms with Crippen LogP contribution < -0.4 is 5.32 Å². The molecule has 1 N–H and O–H groups in total. The maximum atomic E-state index is 4.95. The zero-order valence-corrected chi connectivity index (χ0v) is 20.1. The summed E-state index contributed by atoms with van der Waals surface area (Å²) in [5.74, 6) is 2.34. The molecule has 0 spiro atoms. The van der Waals surface area contributed by atoms with Gasteiger partial charge in [-0.15, -0.1) is 0 Å². The fraction of sp³-hybridized carbons (Fsp3) is 0.462. The van der Waals surface area contributed by atoms with Gasteiger partial charge in [-0.3, -0.25) is 4.98 Å². The van der Waals surface area contributed by atoms with Crippen molar-refractivity contribution in [1.29, 1.82) is 0 Å². The zero-order valence-electron chi connectivity index (χ0n) is 19.2. The summed E-state index contributed by atoms with van der Waals surface area (Å²) in [6, 6.07) is 4.77. The van der Waals surface area contributed by atoms with Gasteiger partial charge in [0.25, 0.3) is 0 Å². The average Bonchev–Trinajstić information content (AvgIpc) is 2.68. The third kappa shape index (κ3) is 6.46.